The fraction of sp³-hybridized carbons (Fsp3) is 0.650. The maximum atomic E-state index is 13.5. The van der Waals surface area contributed by atoms with Crippen molar-refractivity contribution in [2.24, 2.45) is 28.6 Å². The molecule has 15 heteroatoms. The lowest BCUT2D eigenvalue weighted by atomic mass is 9.46. The maximum absolute atomic E-state index is 13.5. The van der Waals surface area contributed by atoms with Gasteiger partial charge in [0.2, 0.25) is 17.6 Å². The molecule has 0 radical (unpaired) electrons. The number of nitrogens with one attached hydrogen (secondary N) is 2. The highest BCUT2D eigenvalue weighted by Crippen LogP contribution is 2.67. The number of fused-ring (bicyclic) bond motifs is 5. The highest BCUT2D eigenvalue weighted by atomic mass is 16.6. The number of nitrogens with zero attached hydrogens (tertiary/aromatic N) is 1. The van der Waals surface area contributed by atoms with Gasteiger partial charge in [0.05, 0.1) is 11.3 Å². The van der Waals surface area contributed by atoms with Crippen molar-refractivity contribution in [3.05, 3.63) is 51.6 Å². The number of unbranched alkanes of at least 4 members (excludes halogenated alkanes) is 2. The zero-order valence-electron chi connectivity index (χ0n) is 31.6. The normalized spacial score (nSPS) is 29.3. The van der Waals surface area contributed by atoms with Crippen molar-refractivity contribution in [3.8, 4) is 0 Å². The van der Waals surface area contributed by atoms with Crippen LogP contribution in [0.5, 0.6) is 0 Å². The summed E-state index contributed by atoms with van der Waals surface area (Å²) in [5.74, 6) is -2.65. The average Bonchev–Trinajstić information content (AvgIpc) is 3.44. The third-order valence-electron chi connectivity index (χ3n) is 13.2. The molecule has 55 heavy (non-hydrogen) atoms. The van der Waals surface area contributed by atoms with E-state index in [1.807, 2.05) is 13.0 Å². The van der Waals surface area contributed by atoms with Crippen LogP contribution in [0.4, 0.5) is 5.69 Å². The van der Waals surface area contributed by atoms with E-state index in [2.05, 4.69) is 17.6 Å². The van der Waals surface area contributed by atoms with Crippen molar-refractivity contribution in [1.82, 2.24) is 10.6 Å². The number of rotatable bonds is 17. The van der Waals surface area contributed by atoms with Gasteiger partial charge in [-0.05, 0) is 92.6 Å². The summed E-state index contributed by atoms with van der Waals surface area (Å²) in [4.78, 5) is 84.9. The summed E-state index contributed by atoms with van der Waals surface area (Å²) < 4.78 is 5.25. The fourth-order valence-electron chi connectivity index (χ4n) is 10.0. The van der Waals surface area contributed by atoms with Crippen molar-refractivity contribution in [3.63, 3.8) is 0 Å². The van der Waals surface area contributed by atoms with Crippen LogP contribution in [0.3, 0.4) is 0 Å². The van der Waals surface area contributed by atoms with Gasteiger partial charge in [-0.2, -0.15) is 0 Å². The van der Waals surface area contributed by atoms with Gasteiger partial charge in [0.15, 0.2) is 18.4 Å². The van der Waals surface area contributed by atoms with Gasteiger partial charge in [-0.1, -0.05) is 38.0 Å². The van der Waals surface area contributed by atoms with Gasteiger partial charge in [0.25, 0.3) is 5.69 Å². The number of allylic oxidation sites excluding steroid dienone is 1. The number of amides is 2. The lowest BCUT2D eigenvalue weighted by Gasteiger charge is -2.58. The monoisotopic (exact) mass is 767 g/mol. The zero-order chi connectivity index (χ0) is 40.1. The van der Waals surface area contributed by atoms with Gasteiger partial charge in [0.1, 0.15) is 11.7 Å². The molecule has 0 spiro atoms. The minimum atomic E-state index is -1.72. The number of hydrogen-bond donors (Lipinski definition) is 5. The molecule has 2 amide bonds. The van der Waals surface area contributed by atoms with Crippen molar-refractivity contribution in [2.75, 3.05) is 13.2 Å². The maximum Gasteiger partial charge on any atom is 0.329 e. The molecule has 0 bridgehead atoms. The molecule has 1 aromatic rings. The lowest BCUT2D eigenvalue weighted by Crippen LogP contribution is -2.58. The zero-order valence-corrected chi connectivity index (χ0v) is 31.6. The first-order valence-electron chi connectivity index (χ1n) is 19.4. The molecule has 4 aliphatic carbocycles. The predicted octanol–water partition coefficient (Wildman–Crippen LogP) is 4.03. The second kappa shape index (κ2) is 17.1. The molecule has 0 aromatic heterocycles. The Balaban J connectivity index is 0.974. The number of ketones is 2. The third kappa shape index (κ3) is 8.82. The van der Waals surface area contributed by atoms with Crippen LogP contribution in [-0.4, -0.2) is 80.4 Å². The van der Waals surface area contributed by atoms with E-state index >= 15 is 0 Å². The smallest absolute Gasteiger partial charge is 0.329 e. The first kappa shape index (κ1) is 41.7. The first-order valence-corrected chi connectivity index (χ1v) is 19.4. The van der Waals surface area contributed by atoms with Crippen LogP contribution in [0.1, 0.15) is 115 Å². The molecular formula is C40H53N3O12. The number of carboxylic acids is 1. The molecule has 0 aliphatic heterocycles. The number of nitro benzene ring substituents is 1. The second-order valence-electron chi connectivity index (χ2n) is 16.2. The SMILES string of the molecule is C[C@]12CCC(=O)C=C1CC[C@@H]1[C@H]2CC[C@@]2(C)[C@H]1CC[C@]2(O)C(=O)COC(=O)CCC(=O)NCCCCCC(=O)N[C@@H](C(=O)O)[C@H](O)c1cccc([N+](=O)[O-])c1. The molecule has 0 heterocycles. The Labute approximate surface area is 319 Å². The van der Waals surface area contributed by atoms with E-state index in [1.165, 1.54) is 23.8 Å². The van der Waals surface area contributed by atoms with E-state index in [1.54, 1.807) is 0 Å². The van der Waals surface area contributed by atoms with Crippen LogP contribution >= 0.6 is 0 Å². The van der Waals surface area contributed by atoms with E-state index in [0.29, 0.717) is 50.4 Å². The number of aliphatic carboxylic acids is 1. The quantitative estimate of drug-likeness (QED) is 0.0654. The highest BCUT2D eigenvalue weighted by Gasteiger charge is 2.66. The van der Waals surface area contributed by atoms with E-state index < -0.39 is 64.2 Å². The van der Waals surface area contributed by atoms with E-state index in [-0.39, 0.29) is 54.2 Å². The number of esters is 1. The Morgan fingerprint density at radius 2 is 1.71 bits per heavy atom. The van der Waals surface area contributed by atoms with Crippen LogP contribution in [0.15, 0.2) is 35.9 Å². The fourth-order valence-corrected chi connectivity index (χ4v) is 10.0. The van der Waals surface area contributed by atoms with Crippen molar-refractivity contribution < 1.29 is 53.7 Å². The number of carbonyl (C=O) groups is 6. The van der Waals surface area contributed by atoms with Crippen LogP contribution < -0.4 is 10.6 Å². The van der Waals surface area contributed by atoms with Gasteiger partial charge in [-0.15, -0.1) is 0 Å². The highest BCUT2D eigenvalue weighted by molar-refractivity contribution is 5.92. The van der Waals surface area contributed by atoms with Crippen LogP contribution in [-0.2, 0) is 33.5 Å². The van der Waals surface area contributed by atoms with Gasteiger partial charge in [-0.3, -0.25) is 34.1 Å². The molecule has 5 N–H and O–H groups in total. The molecule has 3 saturated carbocycles. The topological polar surface area (TPSA) is 240 Å². The van der Waals surface area contributed by atoms with Crippen LogP contribution in [0.2, 0.25) is 0 Å². The number of Topliss-reactive ketones (excluding diaryl/α,β-unsaturated/α-hetero) is 1. The third-order valence-corrected chi connectivity index (χ3v) is 13.2. The Hall–Kier alpha value is -4.50. The number of aliphatic hydroxyl groups excluding tert-OH is 1. The number of ether oxygens (including phenoxy) is 1. The largest absolute Gasteiger partial charge is 0.480 e. The Kier molecular flexibility index (Phi) is 13.0. The van der Waals surface area contributed by atoms with Crippen molar-refractivity contribution in [2.45, 2.75) is 121 Å². The summed E-state index contributed by atoms with van der Waals surface area (Å²) in [5, 5.41) is 47.8. The first-order chi connectivity index (χ1) is 26.0. The Bertz CT molecular complexity index is 1730. The number of hydrogen-bond acceptors (Lipinski definition) is 11. The summed E-state index contributed by atoms with van der Waals surface area (Å²) in [6, 6.07) is 3.14. The molecule has 8 atom stereocenters. The van der Waals surface area contributed by atoms with E-state index in [9.17, 15) is 54.2 Å². The van der Waals surface area contributed by atoms with E-state index in [4.69, 9.17) is 4.74 Å². The van der Waals surface area contributed by atoms with E-state index in [0.717, 1.165) is 38.2 Å². The molecule has 0 unspecified atom stereocenters. The van der Waals surface area contributed by atoms with Crippen molar-refractivity contribution in [1.29, 1.82) is 0 Å². The van der Waals surface area contributed by atoms with Gasteiger partial charge >= 0.3 is 11.9 Å². The number of carboxylic acid groups (broad SMARTS) is 1. The Morgan fingerprint density at radius 3 is 2.44 bits per heavy atom. The van der Waals surface area contributed by atoms with Gasteiger partial charge in [-0.25, -0.2) is 4.79 Å². The van der Waals surface area contributed by atoms with Gasteiger partial charge in [0, 0.05) is 43.4 Å². The molecule has 4 aliphatic rings. The summed E-state index contributed by atoms with van der Waals surface area (Å²) in [7, 11) is 0. The number of non-ortho nitro benzene ring substituents is 1. The van der Waals surface area contributed by atoms with Crippen molar-refractivity contribution >= 4 is 41.0 Å². The number of carbonyl (C=O) groups excluding carboxylic acids is 5. The second-order valence-corrected chi connectivity index (χ2v) is 16.2. The summed E-state index contributed by atoms with van der Waals surface area (Å²) in [6.07, 6.45) is 6.83. The molecule has 300 valence electrons. The molecular weight excluding hydrogens is 714 g/mol. The number of nitro groups is 1. The summed E-state index contributed by atoms with van der Waals surface area (Å²) in [5.41, 5.74) is -1.37. The molecule has 5 rings (SSSR count). The average molecular weight is 768 g/mol. The number of benzene rings is 1. The minimum Gasteiger partial charge on any atom is -0.480 e. The molecule has 1 aromatic carbocycles. The number of aliphatic hydroxyl groups is 2. The Morgan fingerprint density at radius 1 is 0.964 bits per heavy atom. The van der Waals surface area contributed by atoms with Crippen LogP contribution in [0, 0.1) is 38.7 Å². The predicted molar refractivity (Wildman–Crippen MR) is 196 cm³/mol. The van der Waals surface area contributed by atoms with Gasteiger partial charge < -0.3 is 30.7 Å². The summed E-state index contributed by atoms with van der Waals surface area (Å²) >= 11 is 0. The minimum absolute atomic E-state index is 0.0223. The molecule has 15 nitrogen and oxygen atoms in total. The molecule has 3 fully saturated rings. The lowest BCUT2D eigenvalue weighted by molar-refractivity contribution is -0.385. The standard InChI is InChI=1S/C40H53N3O12/c1-38-17-14-27(44)22-25(38)10-11-28-29(38)15-18-39(2)30(28)16-19-40(39,52)31(45)23-55-34(48)13-12-32(46)41-20-5-3-4-9-33(47)42-35(37(50)51)36(49)24-7-6-8-26(21-24)43(53)54/h6-8,21-22,28-30,35-36,49,52H,3-5,9-20,23H2,1-2H3,(H,41,46)(H,42,47)(H,50,51)/t28-,29-,30+,35-,36-,38+,39+,40+/m1/s1. The molecule has 0 saturated heterocycles. The summed E-state index contributed by atoms with van der Waals surface area (Å²) in [6.45, 7) is 3.99. The van der Waals surface area contributed by atoms with Crippen LogP contribution in [0.25, 0.3) is 0 Å².